The van der Waals surface area contributed by atoms with Crippen LogP contribution < -0.4 is 0 Å². The highest BCUT2D eigenvalue weighted by Gasteiger charge is 2.13. The zero-order valence-corrected chi connectivity index (χ0v) is 9.04. The number of hydrogen-bond donors (Lipinski definition) is 0. The van der Waals surface area contributed by atoms with Crippen LogP contribution in [0.25, 0.3) is 0 Å². The summed E-state index contributed by atoms with van der Waals surface area (Å²) in [6, 6.07) is 1.18. The van der Waals surface area contributed by atoms with Gasteiger partial charge in [-0.15, -0.1) is 0 Å². The van der Waals surface area contributed by atoms with Gasteiger partial charge in [-0.05, 0) is 22.0 Å². The van der Waals surface area contributed by atoms with Gasteiger partial charge in [0.1, 0.15) is 0 Å². The van der Waals surface area contributed by atoms with Crippen LogP contribution >= 0.6 is 39.1 Å². The molecule has 0 saturated heterocycles. The molecule has 6 heteroatoms. The Hall–Kier alpha value is -0.410. The molecule has 1 aromatic rings. The van der Waals surface area contributed by atoms with E-state index < -0.39 is 5.82 Å². The van der Waals surface area contributed by atoms with Gasteiger partial charge in [-0.2, -0.15) is 4.99 Å². The third-order valence-corrected chi connectivity index (χ3v) is 2.91. The summed E-state index contributed by atoms with van der Waals surface area (Å²) >= 11 is 13.9. The average Bonchev–Trinajstić information content (AvgIpc) is 2.11. The van der Waals surface area contributed by atoms with Crippen LogP contribution in [0.15, 0.2) is 15.5 Å². The lowest BCUT2D eigenvalue weighted by Gasteiger charge is -2.02. The minimum Gasteiger partial charge on any atom is -0.211 e. The predicted octanol–water partition coefficient (Wildman–Crippen LogP) is 3.86. The fourth-order valence-electron chi connectivity index (χ4n) is 0.691. The maximum atomic E-state index is 13.0. The van der Waals surface area contributed by atoms with Gasteiger partial charge >= 0.3 is 0 Å². The topological polar surface area (TPSA) is 29.4 Å². The van der Waals surface area contributed by atoms with Crippen LogP contribution in [0.2, 0.25) is 10.0 Å². The van der Waals surface area contributed by atoms with Gasteiger partial charge in [0, 0.05) is 0 Å². The first-order valence-electron chi connectivity index (χ1n) is 2.98. The van der Waals surface area contributed by atoms with Crippen molar-refractivity contribution in [3.05, 3.63) is 26.4 Å². The number of nitrogens with zero attached hydrogens (tertiary/aromatic N) is 1. The van der Waals surface area contributed by atoms with E-state index in [0.717, 1.165) is 0 Å². The van der Waals surface area contributed by atoms with Gasteiger partial charge in [0.15, 0.2) is 5.82 Å². The minimum atomic E-state index is -0.750. The highest BCUT2D eigenvalue weighted by Crippen LogP contribution is 2.38. The minimum absolute atomic E-state index is 0.145. The Morgan fingerprint density at radius 2 is 2.15 bits per heavy atom. The van der Waals surface area contributed by atoms with Crippen molar-refractivity contribution in [1.82, 2.24) is 0 Å². The van der Waals surface area contributed by atoms with Crippen molar-refractivity contribution in [2.45, 2.75) is 0 Å². The molecule has 0 fully saturated rings. The molecular formula is C7HBrCl2FNO. The van der Waals surface area contributed by atoms with Crippen LogP contribution in [-0.4, -0.2) is 6.08 Å². The fourth-order valence-corrected chi connectivity index (χ4v) is 1.51. The second-order valence-electron chi connectivity index (χ2n) is 2.02. The first-order valence-corrected chi connectivity index (χ1v) is 4.53. The summed E-state index contributed by atoms with van der Waals surface area (Å²) in [5.41, 5.74) is 0.145. The predicted molar refractivity (Wildman–Crippen MR) is 51.9 cm³/mol. The molecule has 0 heterocycles. The Kier molecular flexibility index (Phi) is 3.45. The summed E-state index contributed by atoms with van der Waals surface area (Å²) < 4.78 is 13.2. The highest BCUT2D eigenvalue weighted by atomic mass is 79.9. The van der Waals surface area contributed by atoms with E-state index in [9.17, 15) is 9.18 Å². The summed E-state index contributed by atoms with van der Waals surface area (Å²) in [5.74, 6) is -0.750. The number of carbonyl (C=O) groups excluding carboxylic acids is 1. The highest BCUT2D eigenvalue weighted by molar-refractivity contribution is 9.10. The molecule has 68 valence electrons. The summed E-state index contributed by atoms with van der Waals surface area (Å²) in [4.78, 5) is 13.2. The van der Waals surface area contributed by atoms with E-state index in [1.807, 2.05) is 0 Å². The molecule has 0 spiro atoms. The molecular weight excluding hydrogens is 284 g/mol. The molecule has 13 heavy (non-hydrogen) atoms. The fraction of sp³-hybridized carbons (Fsp3) is 0. The molecule has 0 aliphatic carbocycles. The number of halogens is 4. The van der Waals surface area contributed by atoms with Crippen LogP contribution in [0.3, 0.4) is 0 Å². The molecule has 0 aliphatic heterocycles. The molecule has 0 saturated carbocycles. The van der Waals surface area contributed by atoms with Gasteiger partial charge in [-0.1, -0.05) is 23.2 Å². The van der Waals surface area contributed by atoms with Crippen LogP contribution in [0.4, 0.5) is 10.1 Å². The molecule has 0 aliphatic rings. The number of hydrogen-bond acceptors (Lipinski definition) is 2. The van der Waals surface area contributed by atoms with E-state index in [1.165, 1.54) is 12.1 Å². The van der Waals surface area contributed by atoms with Gasteiger partial charge < -0.3 is 0 Å². The maximum Gasteiger partial charge on any atom is 0.240 e. The summed E-state index contributed by atoms with van der Waals surface area (Å²) in [6.07, 6.45) is 1.30. The lowest BCUT2D eigenvalue weighted by molar-refractivity contribution is 0.565. The van der Waals surface area contributed by atoms with Crippen LogP contribution in [0.1, 0.15) is 0 Å². The normalized spacial score (nSPS) is 9.54. The number of aliphatic imine (C=N–C) groups is 1. The zero-order valence-electron chi connectivity index (χ0n) is 5.94. The summed E-state index contributed by atoms with van der Waals surface area (Å²) in [7, 11) is 0. The Morgan fingerprint density at radius 1 is 1.54 bits per heavy atom. The first kappa shape index (κ1) is 10.7. The zero-order chi connectivity index (χ0) is 10.0. The van der Waals surface area contributed by atoms with Gasteiger partial charge in [0.25, 0.3) is 0 Å². The molecule has 2 nitrogen and oxygen atoms in total. The first-order chi connectivity index (χ1) is 6.07. The molecule has 1 rings (SSSR count). The second kappa shape index (κ2) is 4.20. The average molecular weight is 285 g/mol. The SMILES string of the molecule is O=C=Nc1cc(Cl)c(F)c(Cl)c1Br. The Morgan fingerprint density at radius 3 is 2.69 bits per heavy atom. The van der Waals surface area contributed by atoms with Gasteiger partial charge in [0.2, 0.25) is 6.08 Å². The van der Waals surface area contributed by atoms with Crippen molar-refractivity contribution in [2.75, 3.05) is 0 Å². The quantitative estimate of drug-likeness (QED) is 0.333. The van der Waals surface area contributed by atoms with E-state index in [4.69, 9.17) is 23.2 Å². The van der Waals surface area contributed by atoms with E-state index in [0.29, 0.717) is 0 Å². The molecule has 0 amide bonds. The van der Waals surface area contributed by atoms with E-state index in [2.05, 4.69) is 20.9 Å². The largest absolute Gasteiger partial charge is 0.240 e. The lowest BCUT2D eigenvalue weighted by atomic mass is 10.3. The molecule has 0 atom stereocenters. The number of isocyanates is 1. The van der Waals surface area contributed by atoms with E-state index in [1.54, 1.807) is 0 Å². The van der Waals surface area contributed by atoms with Crippen molar-refractivity contribution in [3.63, 3.8) is 0 Å². The van der Waals surface area contributed by atoms with Crippen LogP contribution in [-0.2, 0) is 4.79 Å². The standard InChI is InChI=1S/C7HBrCl2FNO/c8-5-4(12-2-13)1-3(9)7(11)6(5)10/h1H. The third-order valence-electron chi connectivity index (χ3n) is 1.25. The monoisotopic (exact) mass is 283 g/mol. The molecule has 0 unspecified atom stereocenters. The second-order valence-corrected chi connectivity index (χ2v) is 3.60. The van der Waals surface area contributed by atoms with Gasteiger partial charge in [0.05, 0.1) is 20.2 Å². The van der Waals surface area contributed by atoms with Crippen molar-refractivity contribution in [3.8, 4) is 0 Å². The van der Waals surface area contributed by atoms with Crippen molar-refractivity contribution < 1.29 is 9.18 Å². The number of benzene rings is 1. The van der Waals surface area contributed by atoms with Crippen molar-refractivity contribution in [1.29, 1.82) is 0 Å². The van der Waals surface area contributed by atoms with Crippen LogP contribution in [0.5, 0.6) is 0 Å². The molecule has 1 aromatic carbocycles. The van der Waals surface area contributed by atoms with Crippen molar-refractivity contribution >= 4 is 50.9 Å². The Labute approximate surface area is 91.5 Å². The van der Waals surface area contributed by atoms with E-state index in [-0.39, 0.29) is 20.2 Å². The molecule has 0 aromatic heterocycles. The van der Waals surface area contributed by atoms with Gasteiger partial charge in [-0.3, -0.25) is 0 Å². The van der Waals surface area contributed by atoms with Crippen molar-refractivity contribution in [2.24, 2.45) is 4.99 Å². The number of rotatable bonds is 1. The van der Waals surface area contributed by atoms with Crippen LogP contribution in [0, 0.1) is 5.82 Å². The molecule has 0 N–H and O–H groups in total. The van der Waals surface area contributed by atoms with Gasteiger partial charge in [-0.25, -0.2) is 9.18 Å². The van der Waals surface area contributed by atoms with E-state index >= 15 is 0 Å². The summed E-state index contributed by atoms with van der Waals surface area (Å²) in [5, 5.41) is -0.399. The molecule has 0 bridgehead atoms. The molecule has 0 radical (unpaired) electrons. The smallest absolute Gasteiger partial charge is 0.211 e. The maximum absolute atomic E-state index is 13.0. The third kappa shape index (κ3) is 2.09. The lowest BCUT2D eigenvalue weighted by Crippen LogP contribution is -1.81. The Balaban J connectivity index is 3.49. The summed E-state index contributed by atoms with van der Waals surface area (Å²) in [6.45, 7) is 0. The Bertz CT molecular complexity index is 404.